The van der Waals surface area contributed by atoms with Crippen molar-refractivity contribution in [3.63, 3.8) is 0 Å². The largest absolute Gasteiger partial charge is 0.399 e. The molecule has 1 aliphatic rings. The van der Waals surface area contributed by atoms with Crippen LogP contribution in [0.4, 0.5) is 5.69 Å². The third-order valence-electron chi connectivity index (χ3n) is 3.90. The molecule has 0 radical (unpaired) electrons. The number of nitrogens with two attached hydrogens (primary N) is 1. The zero-order valence-electron chi connectivity index (χ0n) is 12.0. The van der Waals surface area contributed by atoms with Gasteiger partial charge in [-0.05, 0) is 62.9 Å². The van der Waals surface area contributed by atoms with Gasteiger partial charge in [0, 0.05) is 25.4 Å². The van der Waals surface area contributed by atoms with Crippen LogP contribution >= 0.6 is 0 Å². The van der Waals surface area contributed by atoms with E-state index < -0.39 is 0 Å². The molecule has 2 N–H and O–H groups in total. The first-order valence-corrected chi connectivity index (χ1v) is 7.35. The van der Waals surface area contributed by atoms with E-state index in [-0.39, 0.29) is 0 Å². The summed E-state index contributed by atoms with van der Waals surface area (Å²) in [6, 6.07) is 8.24. The van der Waals surface area contributed by atoms with Crippen molar-refractivity contribution in [2.24, 2.45) is 5.92 Å². The zero-order chi connectivity index (χ0) is 13.5. The third kappa shape index (κ3) is 5.21. The molecule has 1 aromatic rings. The Balaban J connectivity index is 1.63. The number of aryl methyl sites for hydroxylation is 1. The van der Waals surface area contributed by atoms with Gasteiger partial charge in [0.15, 0.2) is 0 Å². The Kier molecular flexibility index (Phi) is 5.67. The average Bonchev–Trinajstić information content (AvgIpc) is 2.42. The van der Waals surface area contributed by atoms with Gasteiger partial charge in [0.1, 0.15) is 0 Å². The van der Waals surface area contributed by atoms with Crippen LogP contribution in [0.3, 0.4) is 0 Å². The van der Waals surface area contributed by atoms with Crippen molar-refractivity contribution >= 4 is 5.69 Å². The predicted octanol–water partition coefficient (Wildman–Crippen LogP) is 2.56. The summed E-state index contributed by atoms with van der Waals surface area (Å²) in [6.07, 6.45) is 4.80. The summed E-state index contributed by atoms with van der Waals surface area (Å²) in [6.45, 7) is 4.28. The fraction of sp³-hybridized carbons (Fsp3) is 0.625. The van der Waals surface area contributed by atoms with Crippen molar-refractivity contribution in [2.45, 2.75) is 25.7 Å². The van der Waals surface area contributed by atoms with Crippen molar-refractivity contribution in [1.29, 1.82) is 0 Å². The Labute approximate surface area is 116 Å². The molecule has 0 bridgehead atoms. The third-order valence-corrected chi connectivity index (χ3v) is 3.90. The lowest BCUT2D eigenvalue weighted by molar-refractivity contribution is 0.0556. The van der Waals surface area contributed by atoms with Gasteiger partial charge < -0.3 is 15.4 Å². The van der Waals surface area contributed by atoms with Crippen LogP contribution in [0.5, 0.6) is 0 Å². The van der Waals surface area contributed by atoms with Gasteiger partial charge in [-0.3, -0.25) is 0 Å². The van der Waals surface area contributed by atoms with Crippen LogP contribution in [0.1, 0.15) is 24.8 Å². The Hall–Kier alpha value is -1.06. The molecule has 19 heavy (non-hydrogen) atoms. The lowest BCUT2D eigenvalue weighted by atomic mass is 10.00. The van der Waals surface area contributed by atoms with Crippen LogP contribution in [0, 0.1) is 5.92 Å². The first kappa shape index (κ1) is 14.4. The second-order valence-corrected chi connectivity index (χ2v) is 5.66. The molecule has 1 saturated heterocycles. The first-order chi connectivity index (χ1) is 9.24. The minimum absolute atomic E-state index is 0.829. The molecule has 1 aliphatic heterocycles. The van der Waals surface area contributed by atoms with Gasteiger partial charge in [0.25, 0.3) is 0 Å². The molecule has 0 amide bonds. The van der Waals surface area contributed by atoms with E-state index in [0.29, 0.717) is 0 Å². The van der Waals surface area contributed by atoms with Crippen LogP contribution in [0.25, 0.3) is 0 Å². The second-order valence-electron chi connectivity index (χ2n) is 5.66. The first-order valence-electron chi connectivity index (χ1n) is 7.35. The molecule has 0 unspecified atom stereocenters. The van der Waals surface area contributed by atoms with Gasteiger partial charge in [-0.1, -0.05) is 12.1 Å². The minimum atomic E-state index is 0.829. The molecule has 0 saturated carbocycles. The Morgan fingerprint density at radius 1 is 1.21 bits per heavy atom. The summed E-state index contributed by atoms with van der Waals surface area (Å²) in [5.41, 5.74) is 7.92. The van der Waals surface area contributed by atoms with Crippen LogP contribution in [0.15, 0.2) is 24.3 Å². The van der Waals surface area contributed by atoms with Gasteiger partial charge in [-0.15, -0.1) is 0 Å². The highest BCUT2D eigenvalue weighted by atomic mass is 16.5. The molecule has 1 fully saturated rings. The second kappa shape index (κ2) is 7.51. The minimum Gasteiger partial charge on any atom is -0.399 e. The van der Waals surface area contributed by atoms with Crippen LogP contribution in [-0.2, 0) is 11.2 Å². The summed E-state index contributed by atoms with van der Waals surface area (Å²) >= 11 is 0. The van der Waals surface area contributed by atoms with E-state index in [2.05, 4.69) is 24.1 Å². The molecule has 0 atom stereocenters. The van der Waals surface area contributed by atoms with E-state index in [1.807, 2.05) is 12.1 Å². The summed E-state index contributed by atoms with van der Waals surface area (Å²) < 4.78 is 5.40. The molecule has 0 aliphatic carbocycles. The SMILES string of the molecule is CN(CCCc1ccc(N)cc1)CC1CCOCC1. The lowest BCUT2D eigenvalue weighted by Crippen LogP contribution is -2.30. The van der Waals surface area contributed by atoms with Gasteiger partial charge in [0.05, 0.1) is 0 Å². The van der Waals surface area contributed by atoms with E-state index in [1.165, 1.54) is 37.9 Å². The predicted molar refractivity (Wildman–Crippen MR) is 80.2 cm³/mol. The van der Waals surface area contributed by atoms with Crippen LogP contribution in [0.2, 0.25) is 0 Å². The fourth-order valence-electron chi connectivity index (χ4n) is 2.70. The van der Waals surface area contributed by atoms with Crippen LogP contribution in [-0.4, -0.2) is 38.3 Å². The van der Waals surface area contributed by atoms with E-state index >= 15 is 0 Å². The number of anilines is 1. The molecular weight excluding hydrogens is 236 g/mol. The van der Waals surface area contributed by atoms with Gasteiger partial charge >= 0.3 is 0 Å². The summed E-state index contributed by atoms with van der Waals surface area (Å²) in [7, 11) is 2.23. The molecule has 2 rings (SSSR count). The molecule has 106 valence electrons. The van der Waals surface area contributed by atoms with Crippen molar-refractivity contribution in [3.8, 4) is 0 Å². The number of hydrogen-bond acceptors (Lipinski definition) is 3. The van der Waals surface area contributed by atoms with E-state index in [0.717, 1.165) is 31.2 Å². The molecule has 1 heterocycles. The maximum absolute atomic E-state index is 5.69. The summed E-state index contributed by atoms with van der Waals surface area (Å²) in [5.74, 6) is 0.829. The molecule has 0 aromatic heterocycles. The Morgan fingerprint density at radius 3 is 2.58 bits per heavy atom. The molecule has 3 heteroatoms. The highest BCUT2D eigenvalue weighted by Gasteiger charge is 2.15. The monoisotopic (exact) mass is 262 g/mol. The highest BCUT2D eigenvalue weighted by molar-refractivity contribution is 5.39. The quantitative estimate of drug-likeness (QED) is 0.801. The average molecular weight is 262 g/mol. The number of nitrogens with zero attached hydrogens (tertiary/aromatic N) is 1. The zero-order valence-corrected chi connectivity index (χ0v) is 12.0. The van der Waals surface area contributed by atoms with E-state index in [9.17, 15) is 0 Å². The maximum Gasteiger partial charge on any atom is 0.0469 e. The number of ether oxygens (including phenoxy) is 1. The van der Waals surface area contributed by atoms with Crippen molar-refractivity contribution in [2.75, 3.05) is 39.1 Å². The van der Waals surface area contributed by atoms with Crippen molar-refractivity contribution in [3.05, 3.63) is 29.8 Å². The smallest absolute Gasteiger partial charge is 0.0469 e. The van der Waals surface area contributed by atoms with Crippen molar-refractivity contribution < 1.29 is 4.74 Å². The van der Waals surface area contributed by atoms with Crippen LogP contribution < -0.4 is 5.73 Å². The molecular formula is C16H26N2O. The topological polar surface area (TPSA) is 38.5 Å². The summed E-state index contributed by atoms with van der Waals surface area (Å²) in [5, 5.41) is 0. The van der Waals surface area contributed by atoms with Gasteiger partial charge in [0.2, 0.25) is 0 Å². The lowest BCUT2D eigenvalue weighted by Gasteiger charge is -2.27. The summed E-state index contributed by atoms with van der Waals surface area (Å²) in [4.78, 5) is 2.47. The Morgan fingerprint density at radius 2 is 1.89 bits per heavy atom. The van der Waals surface area contributed by atoms with Gasteiger partial charge in [-0.2, -0.15) is 0 Å². The van der Waals surface area contributed by atoms with E-state index in [4.69, 9.17) is 10.5 Å². The molecule has 0 spiro atoms. The maximum atomic E-state index is 5.69. The van der Waals surface area contributed by atoms with Crippen molar-refractivity contribution in [1.82, 2.24) is 4.90 Å². The van der Waals surface area contributed by atoms with E-state index in [1.54, 1.807) is 0 Å². The standard InChI is InChI=1S/C16H26N2O/c1-18(13-15-8-11-19-12-9-15)10-2-3-14-4-6-16(17)7-5-14/h4-7,15H,2-3,8-13,17H2,1H3. The number of hydrogen-bond donors (Lipinski definition) is 1. The fourth-order valence-corrected chi connectivity index (χ4v) is 2.70. The van der Waals surface area contributed by atoms with Gasteiger partial charge in [-0.25, -0.2) is 0 Å². The number of benzene rings is 1. The Bertz CT molecular complexity index is 358. The highest BCUT2D eigenvalue weighted by Crippen LogP contribution is 2.16. The molecule has 3 nitrogen and oxygen atoms in total. The normalized spacial score (nSPS) is 16.9. The molecule has 1 aromatic carbocycles. The number of rotatable bonds is 6. The number of nitrogen functional groups attached to an aromatic ring is 1.